The van der Waals surface area contributed by atoms with E-state index >= 15 is 0 Å². The summed E-state index contributed by atoms with van der Waals surface area (Å²) in [5.74, 6) is 0. The van der Waals surface area contributed by atoms with Crippen molar-refractivity contribution in [3.05, 3.63) is 52.9 Å². The molecule has 2 aromatic rings. The molecule has 0 bridgehead atoms. The van der Waals surface area contributed by atoms with Gasteiger partial charge >= 0.3 is 0 Å². The minimum atomic E-state index is 0.0393. The van der Waals surface area contributed by atoms with Crippen LogP contribution in [0.3, 0.4) is 0 Å². The van der Waals surface area contributed by atoms with Gasteiger partial charge in [-0.15, -0.1) is 0 Å². The van der Waals surface area contributed by atoms with Crippen LogP contribution in [0.1, 0.15) is 0 Å². The number of rotatable bonds is 0. The van der Waals surface area contributed by atoms with Crippen LogP contribution in [0, 0.1) is 0 Å². The quantitative estimate of drug-likeness (QED) is 0.581. The van der Waals surface area contributed by atoms with Crippen LogP contribution in [0.15, 0.2) is 47.5 Å². The van der Waals surface area contributed by atoms with E-state index in [1.165, 1.54) is 0 Å². The second kappa shape index (κ2) is 2.74. The number of hydrogen-bond donors (Lipinski definition) is 0. The zero-order valence-corrected chi connectivity index (χ0v) is 6.40. The Morgan fingerprint density at radius 1 is 1.08 bits per heavy atom. The van der Waals surface area contributed by atoms with Crippen LogP contribution in [-0.4, -0.2) is 4.98 Å². The summed E-state index contributed by atoms with van der Waals surface area (Å²) in [6.45, 7) is 0. The summed E-state index contributed by atoms with van der Waals surface area (Å²) in [5, 5.41) is 1.60. The maximum absolute atomic E-state index is 11.4. The van der Waals surface area contributed by atoms with E-state index in [2.05, 4.69) is 4.98 Å². The Labute approximate surface area is 69.5 Å². The number of aromatic nitrogens is 1. The largest absolute Gasteiger partial charge is 0.289 e. The van der Waals surface area contributed by atoms with Crippen molar-refractivity contribution >= 4 is 10.8 Å². The van der Waals surface area contributed by atoms with E-state index in [0.29, 0.717) is 0 Å². The topological polar surface area (TPSA) is 30.0 Å². The van der Waals surface area contributed by atoms with E-state index < -0.39 is 0 Å². The van der Waals surface area contributed by atoms with Gasteiger partial charge in [0.1, 0.15) is 0 Å². The second-order valence-corrected chi connectivity index (χ2v) is 2.55. The highest BCUT2D eigenvalue weighted by molar-refractivity contribution is 5.80. The van der Waals surface area contributed by atoms with Crippen molar-refractivity contribution in [3.8, 4) is 0 Å². The van der Waals surface area contributed by atoms with Crippen molar-refractivity contribution in [1.29, 1.82) is 0 Å². The Hall–Kier alpha value is -1.70. The molecule has 12 heavy (non-hydrogen) atoms. The van der Waals surface area contributed by atoms with E-state index in [1.54, 1.807) is 30.6 Å². The monoisotopic (exact) mass is 157 g/mol. The van der Waals surface area contributed by atoms with Gasteiger partial charge in [-0.05, 0) is 12.1 Å². The molecule has 1 aromatic heterocycles. The summed E-state index contributed by atoms with van der Waals surface area (Å²) in [6.07, 6.45) is 3.32. The molecule has 0 aliphatic rings. The number of fused-ring (bicyclic) bond motifs is 1. The Balaban J connectivity index is 3.06. The molecule has 0 radical (unpaired) electrons. The second-order valence-electron chi connectivity index (χ2n) is 2.55. The summed E-state index contributed by atoms with van der Waals surface area (Å²) in [6, 6.07) is 8.75. The van der Waals surface area contributed by atoms with E-state index in [-0.39, 0.29) is 5.43 Å². The fraction of sp³-hybridized carbons (Fsp3) is 0. The van der Waals surface area contributed by atoms with Crippen molar-refractivity contribution in [1.82, 2.24) is 4.98 Å². The SMILES string of the molecule is O=c1ccccc2cnccc12. The van der Waals surface area contributed by atoms with E-state index in [0.717, 1.165) is 10.8 Å². The molecule has 0 atom stereocenters. The van der Waals surface area contributed by atoms with Gasteiger partial charge in [-0.2, -0.15) is 0 Å². The molecule has 0 spiro atoms. The lowest BCUT2D eigenvalue weighted by Gasteiger charge is -1.86. The molecular formula is C10H7NO. The summed E-state index contributed by atoms with van der Waals surface area (Å²) in [7, 11) is 0. The van der Waals surface area contributed by atoms with Gasteiger partial charge < -0.3 is 0 Å². The fourth-order valence-corrected chi connectivity index (χ4v) is 1.16. The molecular weight excluding hydrogens is 150 g/mol. The molecule has 1 heterocycles. The predicted octanol–water partition coefficient (Wildman–Crippen LogP) is 1.59. The van der Waals surface area contributed by atoms with Crippen LogP contribution in [0.4, 0.5) is 0 Å². The number of pyridine rings is 1. The van der Waals surface area contributed by atoms with Gasteiger partial charge in [0.25, 0.3) is 0 Å². The Bertz CT molecular complexity index is 465. The molecule has 2 heteroatoms. The van der Waals surface area contributed by atoms with Crippen molar-refractivity contribution in [2.24, 2.45) is 0 Å². The fourth-order valence-electron chi connectivity index (χ4n) is 1.16. The molecule has 0 saturated heterocycles. The lowest BCUT2D eigenvalue weighted by Crippen LogP contribution is -1.93. The van der Waals surface area contributed by atoms with Crippen LogP contribution < -0.4 is 5.43 Å². The van der Waals surface area contributed by atoms with Crippen molar-refractivity contribution in [2.75, 3.05) is 0 Å². The molecule has 0 amide bonds. The first-order valence-electron chi connectivity index (χ1n) is 3.71. The Morgan fingerprint density at radius 3 is 2.83 bits per heavy atom. The van der Waals surface area contributed by atoms with E-state index in [1.807, 2.05) is 12.1 Å². The molecule has 0 N–H and O–H groups in total. The molecule has 1 aromatic carbocycles. The highest BCUT2D eigenvalue weighted by Gasteiger charge is 1.92. The van der Waals surface area contributed by atoms with Crippen molar-refractivity contribution < 1.29 is 0 Å². The first kappa shape index (κ1) is 6.98. The minimum absolute atomic E-state index is 0.0393. The van der Waals surface area contributed by atoms with Crippen molar-refractivity contribution in [2.45, 2.75) is 0 Å². The molecule has 0 aliphatic carbocycles. The molecule has 0 fully saturated rings. The zero-order chi connectivity index (χ0) is 8.39. The maximum Gasteiger partial charge on any atom is 0.186 e. The van der Waals surface area contributed by atoms with Gasteiger partial charge in [-0.25, -0.2) is 0 Å². The minimum Gasteiger partial charge on any atom is -0.289 e. The molecule has 0 unspecified atom stereocenters. The lowest BCUT2D eigenvalue weighted by atomic mass is 10.2. The maximum atomic E-state index is 11.4. The average molecular weight is 157 g/mol. The van der Waals surface area contributed by atoms with Gasteiger partial charge in [0.15, 0.2) is 5.43 Å². The van der Waals surface area contributed by atoms with Crippen LogP contribution in [0.2, 0.25) is 0 Å². The molecule has 0 aliphatic heterocycles. The summed E-state index contributed by atoms with van der Waals surface area (Å²) in [4.78, 5) is 15.3. The highest BCUT2D eigenvalue weighted by atomic mass is 16.1. The third kappa shape index (κ3) is 1.07. The molecule has 58 valence electrons. The van der Waals surface area contributed by atoms with Gasteiger partial charge in [0, 0.05) is 23.2 Å². The summed E-state index contributed by atoms with van der Waals surface area (Å²) in [5.41, 5.74) is 0.0393. The van der Waals surface area contributed by atoms with E-state index in [4.69, 9.17) is 0 Å². The molecule has 2 rings (SSSR count). The Morgan fingerprint density at radius 2 is 1.92 bits per heavy atom. The van der Waals surface area contributed by atoms with Crippen LogP contribution in [0.5, 0.6) is 0 Å². The number of hydrogen-bond acceptors (Lipinski definition) is 2. The third-order valence-corrected chi connectivity index (χ3v) is 1.75. The zero-order valence-electron chi connectivity index (χ0n) is 6.40. The smallest absolute Gasteiger partial charge is 0.186 e. The first-order valence-corrected chi connectivity index (χ1v) is 3.71. The first-order chi connectivity index (χ1) is 5.88. The van der Waals surface area contributed by atoms with Gasteiger partial charge in [-0.1, -0.05) is 18.2 Å². The summed E-state index contributed by atoms with van der Waals surface area (Å²) >= 11 is 0. The van der Waals surface area contributed by atoms with Crippen LogP contribution >= 0.6 is 0 Å². The third-order valence-electron chi connectivity index (χ3n) is 1.75. The van der Waals surface area contributed by atoms with E-state index in [9.17, 15) is 4.79 Å². The highest BCUT2D eigenvalue weighted by Crippen LogP contribution is 2.04. The van der Waals surface area contributed by atoms with Crippen LogP contribution in [0.25, 0.3) is 10.8 Å². The molecule has 2 nitrogen and oxygen atoms in total. The molecule has 0 saturated carbocycles. The lowest BCUT2D eigenvalue weighted by molar-refractivity contribution is 1.36. The van der Waals surface area contributed by atoms with Gasteiger partial charge in [0.2, 0.25) is 0 Å². The average Bonchev–Trinajstić information content (AvgIpc) is 2.29. The summed E-state index contributed by atoms with van der Waals surface area (Å²) < 4.78 is 0. The number of nitrogens with zero attached hydrogens (tertiary/aromatic N) is 1. The predicted molar refractivity (Wildman–Crippen MR) is 48.0 cm³/mol. The Kier molecular flexibility index (Phi) is 1.59. The van der Waals surface area contributed by atoms with Crippen molar-refractivity contribution in [3.63, 3.8) is 0 Å². The van der Waals surface area contributed by atoms with Gasteiger partial charge in [0.05, 0.1) is 0 Å². The standard InChI is InChI=1S/C10H7NO/c12-10-4-2-1-3-8-7-11-6-5-9(8)10/h1-7H. The normalized spacial score (nSPS) is 10.0. The van der Waals surface area contributed by atoms with Crippen LogP contribution in [-0.2, 0) is 0 Å². The van der Waals surface area contributed by atoms with Gasteiger partial charge in [-0.3, -0.25) is 9.78 Å².